The van der Waals surface area contributed by atoms with Gasteiger partial charge in [-0.25, -0.2) is 4.39 Å². The lowest BCUT2D eigenvalue weighted by atomic mass is 10.2. The summed E-state index contributed by atoms with van der Waals surface area (Å²) in [6.45, 7) is 6.71. The second-order valence-corrected chi connectivity index (χ2v) is 7.67. The van der Waals surface area contributed by atoms with E-state index in [9.17, 15) is 14.0 Å². The van der Waals surface area contributed by atoms with Gasteiger partial charge in [-0.2, -0.15) is 0 Å². The maximum Gasteiger partial charge on any atom is 0.237 e. The van der Waals surface area contributed by atoms with Gasteiger partial charge in [-0.15, -0.1) is 11.8 Å². The fourth-order valence-corrected chi connectivity index (χ4v) is 4.21. The first-order valence-corrected chi connectivity index (χ1v) is 9.25. The predicted octanol–water partition coefficient (Wildman–Crippen LogP) is 3.29. The summed E-state index contributed by atoms with van der Waals surface area (Å²) in [7, 11) is 1.76. The van der Waals surface area contributed by atoms with Crippen molar-refractivity contribution in [2.45, 2.75) is 37.8 Å². The molecule has 1 heterocycles. The zero-order chi connectivity index (χ0) is 17.9. The molecule has 6 heteroatoms. The molecular weight excluding hydrogens is 327 g/mol. The van der Waals surface area contributed by atoms with E-state index in [1.165, 1.54) is 12.1 Å². The molecule has 2 rings (SSSR count). The van der Waals surface area contributed by atoms with Crippen LogP contribution in [0.3, 0.4) is 0 Å². The molecular formula is C18H25FN2O2S. The molecule has 1 aromatic rings. The van der Waals surface area contributed by atoms with Crippen LogP contribution in [0.2, 0.25) is 0 Å². The number of carbonyl (C=O) groups excluding carboxylic acids is 2. The van der Waals surface area contributed by atoms with Crippen LogP contribution in [0.25, 0.3) is 0 Å². The molecule has 0 N–H and O–H groups in total. The van der Waals surface area contributed by atoms with Gasteiger partial charge in [0, 0.05) is 26.1 Å². The van der Waals surface area contributed by atoms with E-state index in [-0.39, 0.29) is 34.2 Å². The first-order valence-electron chi connectivity index (χ1n) is 8.31. The Bertz CT molecular complexity index is 591. The Hall–Kier alpha value is -1.56. The van der Waals surface area contributed by atoms with Gasteiger partial charge in [0.2, 0.25) is 11.8 Å². The summed E-state index contributed by atoms with van der Waals surface area (Å²) >= 11 is 1.60. The number of hydrogen-bond donors (Lipinski definition) is 0. The summed E-state index contributed by atoms with van der Waals surface area (Å²) in [5.41, 5.74) is 0.920. The minimum absolute atomic E-state index is 0.0602. The van der Waals surface area contributed by atoms with Crippen molar-refractivity contribution in [3.63, 3.8) is 0 Å². The van der Waals surface area contributed by atoms with Gasteiger partial charge in [0.1, 0.15) is 11.2 Å². The average molecular weight is 352 g/mol. The molecule has 24 heavy (non-hydrogen) atoms. The normalized spacial score (nSPS) is 20.8. The predicted molar refractivity (Wildman–Crippen MR) is 95.0 cm³/mol. The summed E-state index contributed by atoms with van der Waals surface area (Å²) in [6, 6.07) is 6.31. The fourth-order valence-electron chi connectivity index (χ4n) is 2.78. The SMILES string of the molecule is CC[C@@H]1S[C@H](c2ccc(F)cc2)N(CCN(C)C(=O)C(C)C)C1=O. The third-order valence-electron chi connectivity index (χ3n) is 4.21. The van der Waals surface area contributed by atoms with Crippen molar-refractivity contribution in [3.8, 4) is 0 Å². The van der Waals surface area contributed by atoms with Gasteiger partial charge in [-0.05, 0) is 24.1 Å². The van der Waals surface area contributed by atoms with Crippen LogP contribution in [0, 0.1) is 11.7 Å². The molecule has 4 nitrogen and oxygen atoms in total. The van der Waals surface area contributed by atoms with Gasteiger partial charge < -0.3 is 9.80 Å². The van der Waals surface area contributed by atoms with Crippen molar-refractivity contribution in [3.05, 3.63) is 35.6 Å². The molecule has 1 aromatic carbocycles. The highest BCUT2D eigenvalue weighted by Crippen LogP contribution is 2.43. The molecule has 0 saturated carbocycles. The van der Waals surface area contributed by atoms with E-state index in [1.54, 1.807) is 35.8 Å². The number of nitrogens with zero attached hydrogens (tertiary/aromatic N) is 2. The van der Waals surface area contributed by atoms with Gasteiger partial charge in [0.15, 0.2) is 0 Å². The fraction of sp³-hybridized carbons (Fsp3) is 0.556. The zero-order valence-electron chi connectivity index (χ0n) is 14.7. The largest absolute Gasteiger partial charge is 0.344 e. The average Bonchev–Trinajstić information content (AvgIpc) is 2.88. The molecule has 0 radical (unpaired) electrons. The topological polar surface area (TPSA) is 40.6 Å². The smallest absolute Gasteiger partial charge is 0.237 e. The summed E-state index contributed by atoms with van der Waals surface area (Å²) in [5, 5.41) is -0.197. The van der Waals surface area contributed by atoms with Gasteiger partial charge in [0.05, 0.1) is 5.25 Å². The van der Waals surface area contributed by atoms with Crippen LogP contribution in [-0.2, 0) is 9.59 Å². The quantitative estimate of drug-likeness (QED) is 0.789. The van der Waals surface area contributed by atoms with E-state index in [2.05, 4.69) is 0 Å². The highest BCUT2D eigenvalue weighted by atomic mass is 32.2. The van der Waals surface area contributed by atoms with Crippen LogP contribution >= 0.6 is 11.8 Å². The van der Waals surface area contributed by atoms with Crippen molar-refractivity contribution in [1.82, 2.24) is 9.80 Å². The highest BCUT2D eigenvalue weighted by molar-refractivity contribution is 8.01. The van der Waals surface area contributed by atoms with Crippen molar-refractivity contribution in [2.75, 3.05) is 20.1 Å². The van der Waals surface area contributed by atoms with Crippen LogP contribution in [0.1, 0.15) is 38.1 Å². The van der Waals surface area contributed by atoms with Crippen molar-refractivity contribution in [2.24, 2.45) is 5.92 Å². The minimum Gasteiger partial charge on any atom is -0.344 e. The Morgan fingerprint density at radius 2 is 1.96 bits per heavy atom. The molecule has 1 aliphatic heterocycles. The third-order valence-corrected chi connectivity index (χ3v) is 5.86. The number of hydrogen-bond acceptors (Lipinski definition) is 3. The highest BCUT2D eigenvalue weighted by Gasteiger charge is 2.39. The Balaban J connectivity index is 2.12. The first kappa shape index (κ1) is 18.8. The number of likely N-dealkylation sites (N-methyl/N-ethyl adjacent to an activating group) is 1. The number of benzene rings is 1. The molecule has 1 saturated heterocycles. The lowest BCUT2D eigenvalue weighted by molar-refractivity contribution is -0.135. The van der Waals surface area contributed by atoms with Crippen LogP contribution in [0.4, 0.5) is 4.39 Å². The summed E-state index contributed by atoms with van der Waals surface area (Å²) in [5.74, 6) is -0.175. The van der Waals surface area contributed by atoms with E-state index >= 15 is 0 Å². The Morgan fingerprint density at radius 3 is 2.50 bits per heavy atom. The van der Waals surface area contributed by atoms with Crippen molar-refractivity contribution >= 4 is 23.6 Å². The van der Waals surface area contributed by atoms with E-state index in [0.29, 0.717) is 13.1 Å². The lowest BCUT2D eigenvalue weighted by Crippen LogP contribution is -2.40. The van der Waals surface area contributed by atoms with Gasteiger partial charge in [-0.3, -0.25) is 9.59 Å². The van der Waals surface area contributed by atoms with Crippen LogP contribution < -0.4 is 0 Å². The molecule has 2 atom stereocenters. The minimum atomic E-state index is -0.283. The maximum absolute atomic E-state index is 13.2. The maximum atomic E-state index is 13.2. The van der Waals surface area contributed by atoms with E-state index in [1.807, 2.05) is 25.7 Å². The van der Waals surface area contributed by atoms with E-state index < -0.39 is 0 Å². The Morgan fingerprint density at radius 1 is 1.33 bits per heavy atom. The summed E-state index contributed by atoms with van der Waals surface area (Å²) in [4.78, 5) is 28.1. The Kier molecular flexibility index (Phi) is 6.27. The van der Waals surface area contributed by atoms with Crippen LogP contribution in [0.5, 0.6) is 0 Å². The molecule has 0 bridgehead atoms. The van der Waals surface area contributed by atoms with Crippen LogP contribution in [-0.4, -0.2) is 47.0 Å². The zero-order valence-corrected chi connectivity index (χ0v) is 15.5. The molecule has 2 amide bonds. The molecule has 0 spiro atoms. The number of carbonyl (C=O) groups is 2. The monoisotopic (exact) mass is 352 g/mol. The van der Waals surface area contributed by atoms with Gasteiger partial charge in [-0.1, -0.05) is 32.9 Å². The van der Waals surface area contributed by atoms with Gasteiger partial charge >= 0.3 is 0 Å². The third kappa shape index (κ3) is 4.09. The van der Waals surface area contributed by atoms with E-state index in [4.69, 9.17) is 0 Å². The molecule has 132 valence electrons. The Labute approximate surface area is 147 Å². The van der Waals surface area contributed by atoms with Crippen molar-refractivity contribution in [1.29, 1.82) is 0 Å². The second-order valence-electron chi connectivity index (χ2n) is 6.38. The molecule has 1 aliphatic rings. The molecule has 0 unspecified atom stereocenters. The number of rotatable bonds is 6. The number of thioether (sulfide) groups is 1. The standard InChI is InChI=1S/C18H25FN2O2S/c1-5-15-17(23)21(11-10-20(4)16(22)12(2)3)18(24-15)13-6-8-14(19)9-7-13/h6-9,12,15,18H,5,10-11H2,1-4H3/t15-,18+/m0/s1. The first-order chi connectivity index (χ1) is 11.3. The second kappa shape index (κ2) is 8.01. The molecule has 1 fully saturated rings. The molecule has 0 aromatic heterocycles. The number of halogens is 1. The molecule has 0 aliphatic carbocycles. The summed E-state index contributed by atoms with van der Waals surface area (Å²) < 4.78 is 13.2. The van der Waals surface area contributed by atoms with Crippen molar-refractivity contribution < 1.29 is 14.0 Å². The van der Waals surface area contributed by atoms with Gasteiger partial charge in [0.25, 0.3) is 0 Å². The van der Waals surface area contributed by atoms with Crippen LogP contribution in [0.15, 0.2) is 24.3 Å². The lowest BCUT2D eigenvalue weighted by Gasteiger charge is -2.27. The van der Waals surface area contributed by atoms with E-state index in [0.717, 1.165) is 12.0 Å². The summed E-state index contributed by atoms with van der Waals surface area (Å²) in [6.07, 6.45) is 0.762. The number of amides is 2.